The maximum Gasteiger partial charge on any atom is 0.0547 e. The fourth-order valence-corrected chi connectivity index (χ4v) is 9.26. The summed E-state index contributed by atoms with van der Waals surface area (Å²) in [5.41, 5.74) is 9.62. The van der Waals surface area contributed by atoms with Crippen molar-refractivity contribution in [1.82, 2.24) is 9.13 Å². The van der Waals surface area contributed by atoms with Gasteiger partial charge in [0.1, 0.15) is 0 Å². The Morgan fingerprint density at radius 1 is 0.241 bits per heavy atom. The van der Waals surface area contributed by atoms with Crippen LogP contribution in [0.4, 0.5) is 0 Å². The molecule has 0 saturated heterocycles. The minimum atomic E-state index is 1.19. The Balaban J connectivity index is 1.17. The number of nitrogens with zero attached hydrogens (tertiary/aromatic N) is 2. The van der Waals surface area contributed by atoms with Crippen LogP contribution >= 0.6 is 0 Å². The van der Waals surface area contributed by atoms with Gasteiger partial charge in [-0.3, -0.25) is 0 Å². The normalized spacial score (nSPS) is 12.1. The van der Waals surface area contributed by atoms with Crippen LogP contribution in [-0.4, -0.2) is 9.13 Å². The molecule has 0 bridgehead atoms. The minimum absolute atomic E-state index is 1.19. The Hall–Kier alpha value is -7.16. The molecule has 54 heavy (non-hydrogen) atoms. The van der Waals surface area contributed by atoms with E-state index in [-0.39, 0.29) is 0 Å². The Morgan fingerprint density at radius 2 is 0.611 bits per heavy atom. The highest BCUT2D eigenvalue weighted by atomic mass is 15.0. The second-order valence-corrected chi connectivity index (χ2v) is 14.5. The number of hydrogen-bond donors (Lipinski definition) is 0. The van der Waals surface area contributed by atoms with Crippen molar-refractivity contribution in [2.45, 2.75) is 0 Å². The molecule has 0 aliphatic heterocycles. The molecule has 2 aromatic heterocycles. The van der Waals surface area contributed by atoms with Crippen molar-refractivity contribution in [3.63, 3.8) is 0 Å². The Morgan fingerprint density at radius 3 is 1.06 bits per heavy atom. The van der Waals surface area contributed by atoms with Crippen LogP contribution in [0, 0.1) is 0 Å². The van der Waals surface area contributed by atoms with Crippen molar-refractivity contribution in [1.29, 1.82) is 0 Å². The third-order valence-electron chi connectivity index (χ3n) is 11.7. The lowest BCUT2D eigenvalue weighted by molar-refractivity contribution is 1.20. The smallest absolute Gasteiger partial charge is 0.0547 e. The summed E-state index contributed by atoms with van der Waals surface area (Å²) in [5, 5.41) is 15.1. The summed E-state index contributed by atoms with van der Waals surface area (Å²) in [4.78, 5) is 0. The van der Waals surface area contributed by atoms with Gasteiger partial charge in [-0.1, -0.05) is 158 Å². The number of rotatable bonds is 3. The molecule has 250 valence electrons. The lowest BCUT2D eigenvalue weighted by Crippen LogP contribution is -1.96. The second kappa shape index (κ2) is 11.2. The van der Waals surface area contributed by atoms with E-state index in [1.165, 1.54) is 109 Å². The molecule has 0 radical (unpaired) electrons. The van der Waals surface area contributed by atoms with Crippen molar-refractivity contribution in [3.05, 3.63) is 194 Å². The lowest BCUT2D eigenvalue weighted by Gasteiger charge is -2.13. The molecule has 2 nitrogen and oxygen atoms in total. The maximum absolute atomic E-state index is 2.49. The van der Waals surface area contributed by atoms with Crippen LogP contribution < -0.4 is 0 Å². The molecule has 0 aliphatic rings. The highest BCUT2D eigenvalue weighted by Gasteiger charge is 2.20. The first-order valence-electron chi connectivity index (χ1n) is 18.7. The third-order valence-corrected chi connectivity index (χ3v) is 11.7. The third kappa shape index (κ3) is 4.11. The largest absolute Gasteiger partial charge is 0.309 e. The predicted octanol–water partition coefficient (Wildman–Crippen LogP) is 14.2. The molecule has 0 unspecified atom stereocenters. The first-order valence-corrected chi connectivity index (χ1v) is 18.7. The van der Waals surface area contributed by atoms with Crippen LogP contribution in [0.3, 0.4) is 0 Å². The quantitative estimate of drug-likeness (QED) is 0.175. The van der Waals surface area contributed by atoms with Gasteiger partial charge in [-0.2, -0.15) is 0 Å². The van der Waals surface area contributed by atoms with Crippen LogP contribution in [0.25, 0.3) is 109 Å². The van der Waals surface area contributed by atoms with Crippen LogP contribution in [0.2, 0.25) is 0 Å². The maximum atomic E-state index is 2.49. The standard InChI is InChI=1S/C52H32N2/c1-5-17-39-33(11-1)15-9-21-45(39)53-47-29-25-35-13-3-7-19-41(35)51(47)43-27-23-37(31-49(43)53)38-24-28-44-50(32-38)54(46-22-10-16-34-12-2-6-18-40(34)46)48-30-26-36-14-4-8-20-42(36)52(44)48/h1-32H. The molecule has 0 saturated carbocycles. The molecular weight excluding hydrogens is 653 g/mol. The monoisotopic (exact) mass is 684 g/mol. The highest BCUT2D eigenvalue weighted by Crippen LogP contribution is 2.43. The van der Waals surface area contributed by atoms with Gasteiger partial charge in [0.05, 0.1) is 33.4 Å². The first kappa shape index (κ1) is 29.4. The summed E-state index contributed by atoms with van der Waals surface area (Å²) < 4.78 is 4.97. The van der Waals surface area contributed by atoms with Crippen LogP contribution in [0.15, 0.2) is 194 Å². The van der Waals surface area contributed by atoms with E-state index in [0.29, 0.717) is 0 Å². The molecule has 10 aromatic carbocycles. The Bertz CT molecular complexity index is 3260. The average molecular weight is 685 g/mol. The molecule has 0 atom stereocenters. The van der Waals surface area contributed by atoms with E-state index in [9.17, 15) is 0 Å². The van der Waals surface area contributed by atoms with Crippen LogP contribution in [0.5, 0.6) is 0 Å². The summed E-state index contributed by atoms with van der Waals surface area (Å²) in [6.07, 6.45) is 0. The highest BCUT2D eigenvalue weighted by molar-refractivity contribution is 6.24. The van der Waals surface area contributed by atoms with E-state index < -0.39 is 0 Å². The lowest BCUT2D eigenvalue weighted by atomic mass is 9.99. The van der Waals surface area contributed by atoms with Crippen LogP contribution in [-0.2, 0) is 0 Å². The Labute approximate surface area is 311 Å². The molecule has 0 spiro atoms. The van der Waals surface area contributed by atoms with Crippen LogP contribution in [0.1, 0.15) is 0 Å². The number of benzene rings is 10. The molecule has 12 aromatic rings. The fraction of sp³-hybridized carbons (Fsp3) is 0. The molecule has 0 aliphatic carbocycles. The summed E-state index contributed by atoms with van der Waals surface area (Å²) in [7, 11) is 0. The summed E-state index contributed by atoms with van der Waals surface area (Å²) in [6, 6.07) is 71.6. The molecular formula is C52H32N2. The van der Waals surface area contributed by atoms with Gasteiger partial charge in [-0.15, -0.1) is 0 Å². The van der Waals surface area contributed by atoms with Gasteiger partial charge in [0.2, 0.25) is 0 Å². The van der Waals surface area contributed by atoms with Crippen molar-refractivity contribution in [2.75, 3.05) is 0 Å². The molecule has 2 heterocycles. The van der Waals surface area contributed by atoms with Gasteiger partial charge >= 0.3 is 0 Å². The van der Waals surface area contributed by atoms with Gasteiger partial charge in [0.25, 0.3) is 0 Å². The summed E-state index contributed by atoms with van der Waals surface area (Å²) in [5.74, 6) is 0. The van der Waals surface area contributed by atoms with Gasteiger partial charge in [-0.25, -0.2) is 0 Å². The average Bonchev–Trinajstić information content (AvgIpc) is 3.75. The summed E-state index contributed by atoms with van der Waals surface area (Å²) >= 11 is 0. The van der Waals surface area contributed by atoms with Crippen molar-refractivity contribution in [2.24, 2.45) is 0 Å². The number of aromatic nitrogens is 2. The van der Waals surface area contributed by atoms with E-state index in [0.717, 1.165) is 0 Å². The van der Waals surface area contributed by atoms with Gasteiger partial charge in [0, 0.05) is 32.3 Å². The van der Waals surface area contributed by atoms with Gasteiger partial charge in [0.15, 0.2) is 0 Å². The van der Waals surface area contributed by atoms with E-state index in [1.807, 2.05) is 0 Å². The molecule has 0 fully saturated rings. The van der Waals surface area contributed by atoms with Crippen molar-refractivity contribution >= 4 is 86.7 Å². The molecule has 0 amide bonds. The molecule has 2 heteroatoms. The minimum Gasteiger partial charge on any atom is -0.309 e. The Kier molecular flexibility index (Phi) is 6.09. The van der Waals surface area contributed by atoms with Crippen molar-refractivity contribution < 1.29 is 0 Å². The predicted molar refractivity (Wildman–Crippen MR) is 231 cm³/mol. The first-order chi connectivity index (χ1) is 26.8. The van der Waals surface area contributed by atoms with Crippen molar-refractivity contribution in [3.8, 4) is 22.5 Å². The van der Waals surface area contributed by atoms with E-state index in [2.05, 4.69) is 203 Å². The zero-order valence-electron chi connectivity index (χ0n) is 29.4. The topological polar surface area (TPSA) is 9.86 Å². The van der Waals surface area contributed by atoms with E-state index in [1.54, 1.807) is 0 Å². The van der Waals surface area contributed by atoms with Gasteiger partial charge < -0.3 is 9.13 Å². The summed E-state index contributed by atoms with van der Waals surface area (Å²) in [6.45, 7) is 0. The fourth-order valence-electron chi connectivity index (χ4n) is 9.26. The zero-order valence-corrected chi connectivity index (χ0v) is 29.4. The zero-order chi connectivity index (χ0) is 35.3. The number of fused-ring (bicyclic) bond motifs is 12. The number of hydrogen-bond acceptors (Lipinski definition) is 0. The van der Waals surface area contributed by atoms with E-state index >= 15 is 0 Å². The van der Waals surface area contributed by atoms with E-state index in [4.69, 9.17) is 0 Å². The molecule has 0 N–H and O–H groups in total. The van der Waals surface area contributed by atoms with Gasteiger partial charge in [-0.05, 0) is 79.8 Å². The second-order valence-electron chi connectivity index (χ2n) is 14.5. The molecule has 12 rings (SSSR count). The SMILES string of the molecule is c1ccc2c(-n3c4cc(-c5ccc6c7c8ccccc8ccc7n(-c7cccc8ccccc78)c6c5)ccc4c4c5ccccc5ccc43)cccc2c1.